The molecule has 4 nitrogen and oxygen atoms in total. The molecule has 19 heavy (non-hydrogen) atoms. The largest absolute Gasteiger partial charge is 0.497 e. The summed E-state index contributed by atoms with van der Waals surface area (Å²) < 4.78 is 15.7. The topological polar surface area (TPSA) is 44.8 Å². The standard InChI is InChI=1S/C15H12O4/c1-17-11-2-4-12(5-3-11)19-13-6-7-14-10(8-13)9-18-15(14)16/h2-8H,9H2,1H3. The van der Waals surface area contributed by atoms with Gasteiger partial charge in [-0.2, -0.15) is 0 Å². The van der Waals surface area contributed by atoms with Gasteiger partial charge in [-0.15, -0.1) is 0 Å². The number of ether oxygens (including phenoxy) is 3. The molecule has 0 spiro atoms. The lowest BCUT2D eigenvalue weighted by atomic mass is 10.1. The van der Waals surface area contributed by atoms with E-state index in [0.29, 0.717) is 23.7 Å². The van der Waals surface area contributed by atoms with Crippen LogP contribution >= 0.6 is 0 Å². The van der Waals surface area contributed by atoms with E-state index in [1.165, 1.54) is 0 Å². The van der Waals surface area contributed by atoms with Crippen molar-refractivity contribution in [1.82, 2.24) is 0 Å². The zero-order valence-corrected chi connectivity index (χ0v) is 10.4. The Morgan fingerprint density at radius 2 is 1.68 bits per heavy atom. The number of hydrogen-bond donors (Lipinski definition) is 0. The van der Waals surface area contributed by atoms with E-state index in [4.69, 9.17) is 14.2 Å². The van der Waals surface area contributed by atoms with Crippen LogP contribution in [-0.4, -0.2) is 13.1 Å². The Morgan fingerprint density at radius 3 is 2.42 bits per heavy atom. The maximum absolute atomic E-state index is 11.3. The molecule has 1 aliphatic heterocycles. The first kappa shape index (κ1) is 11.6. The number of hydrogen-bond acceptors (Lipinski definition) is 4. The summed E-state index contributed by atoms with van der Waals surface area (Å²) in [5.74, 6) is 1.90. The van der Waals surface area contributed by atoms with E-state index in [1.807, 2.05) is 30.3 Å². The maximum Gasteiger partial charge on any atom is 0.338 e. The molecule has 0 aliphatic carbocycles. The number of benzene rings is 2. The Hall–Kier alpha value is -2.49. The zero-order valence-electron chi connectivity index (χ0n) is 10.4. The van der Waals surface area contributed by atoms with E-state index in [9.17, 15) is 4.79 Å². The average Bonchev–Trinajstić information content (AvgIpc) is 2.81. The molecule has 0 unspecified atom stereocenters. The third-order valence-electron chi connectivity index (χ3n) is 2.95. The number of esters is 1. The fraction of sp³-hybridized carbons (Fsp3) is 0.133. The van der Waals surface area contributed by atoms with Crippen LogP contribution < -0.4 is 9.47 Å². The van der Waals surface area contributed by atoms with Crippen molar-refractivity contribution >= 4 is 5.97 Å². The molecule has 0 saturated heterocycles. The van der Waals surface area contributed by atoms with Crippen LogP contribution in [0.3, 0.4) is 0 Å². The van der Waals surface area contributed by atoms with Crippen molar-refractivity contribution in [2.75, 3.05) is 7.11 Å². The van der Waals surface area contributed by atoms with Gasteiger partial charge >= 0.3 is 5.97 Å². The van der Waals surface area contributed by atoms with Gasteiger partial charge in [-0.1, -0.05) is 0 Å². The second kappa shape index (κ2) is 4.65. The van der Waals surface area contributed by atoms with Crippen molar-refractivity contribution < 1.29 is 19.0 Å². The molecule has 0 amide bonds. The lowest BCUT2D eigenvalue weighted by molar-refractivity contribution is 0.0535. The summed E-state index contributed by atoms with van der Waals surface area (Å²) in [4.78, 5) is 11.3. The molecule has 1 heterocycles. The second-order valence-corrected chi connectivity index (χ2v) is 4.17. The molecule has 96 valence electrons. The van der Waals surface area contributed by atoms with Crippen LogP contribution in [0.15, 0.2) is 42.5 Å². The minimum absolute atomic E-state index is 0.272. The normalized spacial score (nSPS) is 12.8. The average molecular weight is 256 g/mol. The smallest absolute Gasteiger partial charge is 0.338 e. The van der Waals surface area contributed by atoms with E-state index in [1.54, 1.807) is 19.2 Å². The summed E-state index contributed by atoms with van der Waals surface area (Å²) in [5.41, 5.74) is 1.47. The van der Waals surface area contributed by atoms with Crippen molar-refractivity contribution in [1.29, 1.82) is 0 Å². The Morgan fingerprint density at radius 1 is 1.00 bits per heavy atom. The summed E-state index contributed by atoms with van der Waals surface area (Å²) >= 11 is 0. The third-order valence-corrected chi connectivity index (χ3v) is 2.95. The second-order valence-electron chi connectivity index (χ2n) is 4.17. The van der Waals surface area contributed by atoms with Crippen molar-refractivity contribution in [2.45, 2.75) is 6.61 Å². The molecule has 0 aromatic heterocycles. The minimum atomic E-state index is -0.272. The van der Waals surface area contributed by atoms with Crippen molar-refractivity contribution in [3.63, 3.8) is 0 Å². The predicted octanol–water partition coefficient (Wildman–Crippen LogP) is 3.16. The SMILES string of the molecule is COc1ccc(Oc2ccc3c(c2)COC3=O)cc1. The highest BCUT2D eigenvalue weighted by Crippen LogP contribution is 2.28. The summed E-state index contributed by atoms with van der Waals surface area (Å²) in [6.07, 6.45) is 0. The van der Waals surface area contributed by atoms with Gasteiger partial charge in [0.2, 0.25) is 0 Å². The van der Waals surface area contributed by atoms with Gasteiger partial charge in [-0.3, -0.25) is 0 Å². The maximum atomic E-state index is 11.3. The first-order chi connectivity index (χ1) is 9.26. The molecule has 3 rings (SSSR count). The molecule has 0 atom stereocenters. The highest BCUT2D eigenvalue weighted by atomic mass is 16.5. The van der Waals surface area contributed by atoms with Crippen LogP contribution in [0.4, 0.5) is 0 Å². The van der Waals surface area contributed by atoms with Gasteiger partial charge in [0.15, 0.2) is 0 Å². The summed E-state index contributed by atoms with van der Waals surface area (Å²) in [6.45, 7) is 0.313. The van der Waals surface area contributed by atoms with E-state index in [2.05, 4.69) is 0 Å². The molecule has 2 aromatic rings. The number of methoxy groups -OCH3 is 1. The molecule has 4 heteroatoms. The lowest BCUT2D eigenvalue weighted by Gasteiger charge is -2.07. The van der Waals surface area contributed by atoms with Crippen LogP contribution in [0.1, 0.15) is 15.9 Å². The molecule has 0 radical (unpaired) electrons. The summed E-state index contributed by atoms with van der Waals surface area (Å²) in [6, 6.07) is 12.6. The molecule has 2 aromatic carbocycles. The Balaban J connectivity index is 1.81. The monoisotopic (exact) mass is 256 g/mol. The van der Waals surface area contributed by atoms with E-state index in [-0.39, 0.29) is 5.97 Å². The van der Waals surface area contributed by atoms with Gasteiger partial charge < -0.3 is 14.2 Å². The van der Waals surface area contributed by atoms with E-state index in [0.717, 1.165) is 11.3 Å². The molecule has 0 fully saturated rings. The van der Waals surface area contributed by atoms with Crippen LogP contribution in [0.25, 0.3) is 0 Å². The zero-order chi connectivity index (χ0) is 13.2. The number of cyclic esters (lactones) is 1. The Bertz CT molecular complexity index is 617. The van der Waals surface area contributed by atoms with Gasteiger partial charge in [0.25, 0.3) is 0 Å². The molecular formula is C15H12O4. The third kappa shape index (κ3) is 2.25. The highest BCUT2D eigenvalue weighted by molar-refractivity contribution is 5.93. The molecular weight excluding hydrogens is 244 g/mol. The van der Waals surface area contributed by atoms with Crippen molar-refractivity contribution in [3.05, 3.63) is 53.6 Å². The first-order valence-electron chi connectivity index (χ1n) is 5.88. The van der Waals surface area contributed by atoms with Gasteiger partial charge in [0.05, 0.1) is 12.7 Å². The van der Waals surface area contributed by atoms with E-state index < -0.39 is 0 Å². The number of carbonyl (C=O) groups is 1. The fourth-order valence-corrected chi connectivity index (χ4v) is 1.95. The minimum Gasteiger partial charge on any atom is -0.497 e. The number of fused-ring (bicyclic) bond motifs is 1. The van der Waals surface area contributed by atoms with E-state index >= 15 is 0 Å². The van der Waals surface area contributed by atoms with Crippen LogP contribution in [0.5, 0.6) is 17.2 Å². The first-order valence-corrected chi connectivity index (χ1v) is 5.88. The summed E-state index contributed by atoms with van der Waals surface area (Å²) in [7, 11) is 1.62. The molecule has 0 saturated carbocycles. The number of carbonyl (C=O) groups excluding carboxylic acids is 1. The Kier molecular flexibility index (Phi) is 2.83. The predicted molar refractivity (Wildman–Crippen MR) is 68.6 cm³/mol. The van der Waals surface area contributed by atoms with Crippen molar-refractivity contribution in [3.8, 4) is 17.2 Å². The fourth-order valence-electron chi connectivity index (χ4n) is 1.95. The lowest BCUT2D eigenvalue weighted by Crippen LogP contribution is -1.93. The molecule has 0 bridgehead atoms. The summed E-state index contributed by atoms with van der Waals surface area (Å²) in [5, 5.41) is 0. The van der Waals surface area contributed by atoms with Gasteiger partial charge in [0.1, 0.15) is 23.9 Å². The van der Waals surface area contributed by atoms with Crippen LogP contribution in [0.2, 0.25) is 0 Å². The van der Waals surface area contributed by atoms with Crippen LogP contribution in [-0.2, 0) is 11.3 Å². The van der Waals surface area contributed by atoms with Gasteiger partial charge in [-0.25, -0.2) is 4.79 Å². The van der Waals surface area contributed by atoms with Crippen molar-refractivity contribution in [2.24, 2.45) is 0 Å². The number of rotatable bonds is 3. The molecule has 1 aliphatic rings. The highest BCUT2D eigenvalue weighted by Gasteiger charge is 2.21. The quantitative estimate of drug-likeness (QED) is 0.791. The van der Waals surface area contributed by atoms with Gasteiger partial charge in [-0.05, 0) is 42.5 Å². The Labute approximate surface area is 110 Å². The van der Waals surface area contributed by atoms with Crippen LogP contribution in [0, 0.1) is 0 Å². The molecule has 0 N–H and O–H groups in total. The van der Waals surface area contributed by atoms with Gasteiger partial charge in [0, 0.05) is 5.56 Å².